The molecule has 2 heterocycles. The summed E-state index contributed by atoms with van der Waals surface area (Å²) in [6.07, 6.45) is 3.34. The summed E-state index contributed by atoms with van der Waals surface area (Å²) in [6.45, 7) is 4.12. The molecule has 0 aromatic carbocycles. The van der Waals surface area contributed by atoms with Crippen molar-refractivity contribution in [2.75, 3.05) is 13.1 Å². The third-order valence-electron chi connectivity index (χ3n) is 1.93. The fourth-order valence-electron chi connectivity index (χ4n) is 1.45. The van der Waals surface area contributed by atoms with Crippen molar-refractivity contribution in [1.29, 1.82) is 0 Å². The van der Waals surface area contributed by atoms with Crippen LogP contribution in [0.3, 0.4) is 0 Å². The van der Waals surface area contributed by atoms with Crippen LogP contribution in [0.25, 0.3) is 0 Å². The number of nitrogens with one attached hydrogen (secondary N) is 1. The van der Waals surface area contributed by atoms with Crippen molar-refractivity contribution in [3.8, 4) is 0 Å². The maximum atomic E-state index is 4.39. The Morgan fingerprint density at radius 1 is 1.60 bits per heavy atom. The molecule has 1 N–H and O–H groups in total. The van der Waals surface area contributed by atoms with Gasteiger partial charge in [0.15, 0.2) is 0 Å². The van der Waals surface area contributed by atoms with Gasteiger partial charge in [0.25, 0.3) is 0 Å². The fraction of sp³-hybridized carbons (Fsp3) is 0.500. The van der Waals surface area contributed by atoms with E-state index in [4.69, 9.17) is 0 Å². The minimum atomic E-state index is 0.961. The van der Waals surface area contributed by atoms with E-state index in [-0.39, 0.29) is 0 Å². The lowest BCUT2D eigenvalue weighted by Gasteiger charge is -2.13. The smallest absolute Gasteiger partial charge is 0.0577 e. The lowest BCUT2D eigenvalue weighted by molar-refractivity contribution is 0.666. The van der Waals surface area contributed by atoms with Crippen LogP contribution in [-0.2, 0) is 0 Å². The number of rotatable bonds is 0. The second-order valence-electron chi connectivity index (χ2n) is 2.80. The number of hydrogen-bond acceptors (Lipinski definition) is 1. The summed E-state index contributed by atoms with van der Waals surface area (Å²) in [7, 11) is 0. The van der Waals surface area contributed by atoms with Gasteiger partial charge in [-0.15, -0.1) is 0 Å². The summed E-state index contributed by atoms with van der Waals surface area (Å²) in [6, 6.07) is 0. The first kappa shape index (κ1) is 5.98. The number of nitrogens with zero attached hydrogens (tertiary/aromatic N) is 1. The van der Waals surface area contributed by atoms with Crippen molar-refractivity contribution in [2.24, 2.45) is 0 Å². The molecule has 0 amide bonds. The zero-order valence-corrected chi connectivity index (χ0v) is 6.15. The minimum absolute atomic E-state index is 0.961. The molecular formula is C8H11N2. The topological polar surface area (TPSA) is 26.1 Å². The van der Waals surface area contributed by atoms with Gasteiger partial charge in [0.2, 0.25) is 0 Å². The Morgan fingerprint density at radius 3 is 3.30 bits per heavy atom. The molecule has 0 aromatic rings. The highest BCUT2D eigenvalue weighted by molar-refractivity contribution is 5.37. The van der Waals surface area contributed by atoms with E-state index in [2.05, 4.69) is 23.6 Å². The maximum Gasteiger partial charge on any atom is 0.0577 e. The van der Waals surface area contributed by atoms with Crippen LogP contribution in [0.5, 0.6) is 0 Å². The van der Waals surface area contributed by atoms with Crippen LogP contribution >= 0.6 is 0 Å². The Bertz CT molecular complexity index is 213. The summed E-state index contributed by atoms with van der Waals surface area (Å²) in [4.78, 5) is 0. The van der Waals surface area contributed by atoms with Gasteiger partial charge in [-0.3, -0.25) is 5.32 Å². The van der Waals surface area contributed by atoms with Gasteiger partial charge in [-0.25, -0.2) is 0 Å². The quantitative estimate of drug-likeness (QED) is 0.521. The highest BCUT2D eigenvalue weighted by Gasteiger charge is 2.16. The fourth-order valence-corrected chi connectivity index (χ4v) is 1.45. The molecule has 10 heavy (non-hydrogen) atoms. The molecule has 0 atom stereocenters. The lowest BCUT2D eigenvalue weighted by atomic mass is 10.1. The van der Waals surface area contributed by atoms with Crippen LogP contribution < -0.4 is 10.6 Å². The predicted molar refractivity (Wildman–Crippen MR) is 40.4 cm³/mol. The monoisotopic (exact) mass is 135 g/mol. The van der Waals surface area contributed by atoms with E-state index in [0.29, 0.717) is 0 Å². The van der Waals surface area contributed by atoms with Crippen molar-refractivity contribution < 1.29 is 0 Å². The van der Waals surface area contributed by atoms with Gasteiger partial charge in [-0.1, -0.05) is 0 Å². The molecule has 2 aliphatic heterocycles. The van der Waals surface area contributed by atoms with Crippen LogP contribution in [0.15, 0.2) is 23.0 Å². The van der Waals surface area contributed by atoms with Crippen LogP contribution in [0.2, 0.25) is 0 Å². The molecule has 0 aromatic heterocycles. The van der Waals surface area contributed by atoms with Crippen molar-refractivity contribution in [3.05, 3.63) is 23.0 Å². The molecular weight excluding hydrogens is 124 g/mol. The molecule has 2 rings (SSSR count). The van der Waals surface area contributed by atoms with Gasteiger partial charge < -0.3 is 5.32 Å². The van der Waals surface area contributed by atoms with E-state index in [1.165, 1.54) is 11.3 Å². The number of allylic oxidation sites excluding steroid dienone is 2. The molecule has 2 heteroatoms. The maximum absolute atomic E-state index is 4.39. The molecule has 53 valence electrons. The molecule has 0 saturated carbocycles. The van der Waals surface area contributed by atoms with E-state index < -0.39 is 0 Å². The van der Waals surface area contributed by atoms with E-state index in [1.54, 1.807) is 0 Å². The van der Waals surface area contributed by atoms with Crippen LogP contribution in [0.4, 0.5) is 0 Å². The molecule has 2 aliphatic rings. The standard InChI is InChI=1S/C8H11N2/c1-6-4-7-2-3-9-5-8(7)10-6/h4,9H,2-3,5H2,1H3. The zero-order chi connectivity index (χ0) is 6.97. The molecule has 0 spiro atoms. The van der Waals surface area contributed by atoms with Crippen molar-refractivity contribution in [3.63, 3.8) is 0 Å². The first-order valence-electron chi connectivity index (χ1n) is 3.69. The second kappa shape index (κ2) is 2.13. The Hall–Kier alpha value is -0.760. The zero-order valence-electron chi connectivity index (χ0n) is 6.15. The van der Waals surface area contributed by atoms with Gasteiger partial charge in [0.1, 0.15) is 0 Å². The molecule has 2 nitrogen and oxygen atoms in total. The highest BCUT2D eigenvalue weighted by atomic mass is 15.0. The van der Waals surface area contributed by atoms with Crippen LogP contribution in [0, 0.1) is 0 Å². The third-order valence-corrected chi connectivity index (χ3v) is 1.93. The summed E-state index contributed by atoms with van der Waals surface area (Å²) in [5.74, 6) is 0. The van der Waals surface area contributed by atoms with Gasteiger partial charge in [0.05, 0.1) is 5.70 Å². The Morgan fingerprint density at radius 2 is 2.50 bits per heavy atom. The average Bonchev–Trinajstić information content (AvgIpc) is 2.27. The van der Waals surface area contributed by atoms with Crippen molar-refractivity contribution >= 4 is 0 Å². The minimum Gasteiger partial charge on any atom is -0.311 e. The molecule has 0 fully saturated rings. The largest absolute Gasteiger partial charge is 0.311 e. The van der Waals surface area contributed by atoms with Crippen LogP contribution in [-0.4, -0.2) is 13.1 Å². The normalized spacial score (nSPS) is 23.9. The first-order valence-corrected chi connectivity index (χ1v) is 3.69. The average molecular weight is 135 g/mol. The van der Waals surface area contributed by atoms with Gasteiger partial charge >= 0.3 is 0 Å². The van der Waals surface area contributed by atoms with E-state index in [0.717, 1.165) is 25.2 Å². The second-order valence-corrected chi connectivity index (χ2v) is 2.80. The van der Waals surface area contributed by atoms with Gasteiger partial charge in [-0.2, -0.15) is 0 Å². The number of hydrogen-bond donors (Lipinski definition) is 1. The predicted octanol–water partition coefficient (Wildman–Crippen LogP) is 0.756. The van der Waals surface area contributed by atoms with Crippen LogP contribution in [0.1, 0.15) is 13.3 Å². The van der Waals surface area contributed by atoms with Crippen molar-refractivity contribution in [2.45, 2.75) is 13.3 Å². The Kier molecular flexibility index (Phi) is 1.27. The molecule has 0 saturated heterocycles. The van der Waals surface area contributed by atoms with E-state index in [1.807, 2.05) is 0 Å². The molecule has 1 radical (unpaired) electrons. The van der Waals surface area contributed by atoms with Gasteiger partial charge in [-0.05, 0) is 31.5 Å². The SMILES string of the molecule is CC1=CC2=C(CNCC2)[N]1. The summed E-state index contributed by atoms with van der Waals surface area (Å²) in [5, 5.41) is 7.68. The Balaban J connectivity index is 2.22. The summed E-state index contributed by atoms with van der Waals surface area (Å²) < 4.78 is 0. The lowest BCUT2D eigenvalue weighted by Crippen LogP contribution is -2.26. The third kappa shape index (κ3) is 0.847. The summed E-state index contributed by atoms with van der Waals surface area (Å²) in [5.41, 5.74) is 3.86. The summed E-state index contributed by atoms with van der Waals surface area (Å²) >= 11 is 0. The molecule has 0 bridgehead atoms. The Labute approximate surface area is 61.0 Å². The highest BCUT2D eigenvalue weighted by Crippen LogP contribution is 2.21. The van der Waals surface area contributed by atoms with Crippen molar-refractivity contribution in [1.82, 2.24) is 10.6 Å². The van der Waals surface area contributed by atoms with Gasteiger partial charge in [0, 0.05) is 12.2 Å². The molecule has 0 aliphatic carbocycles. The molecule has 0 unspecified atom stereocenters. The first-order chi connectivity index (χ1) is 4.86. The van der Waals surface area contributed by atoms with E-state index >= 15 is 0 Å². The van der Waals surface area contributed by atoms with E-state index in [9.17, 15) is 0 Å².